The Kier molecular flexibility index (Phi) is 10.8. The molecular formula is C14H26N2O. The summed E-state index contributed by atoms with van der Waals surface area (Å²) in [5.74, 6) is 3.26. The zero-order valence-electron chi connectivity index (χ0n) is 11.2. The van der Waals surface area contributed by atoms with Gasteiger partial charge in [-0.2, -0.15) is 0 Å². The molecule has 0 radical (unpaired) electrons. The van der Waals surface area contributed by atoms with E-state index >= 15 is 0 Å². The monoisotopic (exact) mass is 238 g/mol. The van der Waals surface area contributed by atoms with Crippen molar-refractivity contribution < 1.29 is 4.79 Å². The van der Waals surface area contributed by atoms with E-state index in [1.807, 2.05) is 0 Å². The van der Waals surface area contributed by atoms with Crippen LogP contribution in [0.2, 0.25) is 0 Å². The van der Waals surface area contributed by atoms with Crippen molar-refractivity contribution in [1.29, 1.82) is 0 Å². The average molecular weight is 238 g/mol. The highest BCUT2D eigenvalue weighted by Crippen LogP contribution is 2.08. The number of terminal acetylenes is 1. The highest BCUT2D eigenvalue weighted by Gasteiger charge is 1.98. The summed E-state index contributed by atoms with van der Waals surface area (Å²) in [6.45, 7) is 6.05. The van der Waals surface area contributed by atoms with Gasteiger partial charge in [-0.05, 0) is 12.3 Å². The fraction of sp³-hybridized carbons (Fsp3) is 0.786. The van der Waals surface area contributed by atoms with Crippen molar-refractivity contribution in [2.24, 2.45) is 5.92 Å². The number of hydrogen-bond donors (Lipinski definition) is 2. The first-order chi connectivity index (χ1) is 8.16. The van der Waals surface area contributed by atoms with Gasteiger partial charge in [-0.15, -0.1) is 6.42 Å². The maximum absolute atomic E-state index is 11.3. The molecule has 0 rings (SSSR count). The third-order valence-corrected chi connectivity index (χ3v) is 2.54. The SMILES string of the molecule is C#CCNCC(=O)NCCCCCCC(C)C. The molecule has 0 fully saturated rings. The summed E-state index contributed by atoms with van der Waals surface area (Å²) in [5, 5.41) is 5.73. The molecular weight excluding hydrogens is 212 g/mol. The van der Waals surface area contributed by atoms with E-state index in [0.29, 0.717) is 13.1 Å². The summed E-state index contributed by atoms with van der Waals surface area (Å²) < 4.78 is 0. The third kappa shape index (κ3) is 12.9. The summed E-state index contributed by atoms with van der Waals surface area (Å²) in [6, 6.07) is 0. The fourth-order valence-corrected chi connectivity index (χ4v) is 1.57. The summed E-state index contributed by atoms with van der Waals surface area (Å²) in [5.41, 5.74) is 0. The van der Waals surface area contributed by atoms with E-state index in [1.165, 1.54) is 25.7 Å². The highest BCUT2D eigenvalue weighted by atomic mass is 16.1. The van der Waals surface area contributed by atoms with Gasteiger partial charge >= 0.3 is 0 Å². The second-order valence-electron chi connectivity index (χ2n) is 4.75. The van der Waals surface area contributed by atoms with Crippen LogP contribution in [-0.4, -0.2) is 25.5 Å². The number of amides is 1. The van der Waals surface area contributed by atoms with Gasteiger partial charge < -0.3 is 5.32 Å². The van der Waals surface area contributed by atoms with E-state index < -0.39 is 0 Å². The molecule has 0 atom stereocenters. The lowest BCUT2D eigenvalue weighted by atomic mass is 10.0. The van der Waals surface area contributed by atoms with Crippen LogP contribution in [0.5, 0.6) is 0 Å². The number of unbranched alkanes of at least 4 members (excludes halogenated alkanes) is 3. The van der Waals surface area contributed by atoms with E-state index in [1.54, 1.807) is 0 Å². The van der Waals surface area contributed by atoms with Gasteiger partial charge in [-0.3, -0.25) is 10.1 Å². The van der Waals surface area contributed by atoms with Crippen LogP contribution in [0.25, 0.3) is 0 Å². The minimum Gasteiger partial charge on any atom is -0.355 e. The molecule has 0 unspecified atom stereocenters. The highest BCUT2D eigenvalue weighted by molar-refractivity contribution is 5.77. The van der Waals surface area contributed by atoms with Crippen LogP contribution >= 0.6 is 0 Å². The van der Waals surface area contributed by atoms with Crippen LogP contribution < -0.4 is 10.6 Å². The molecule has 0 aliphatic rings. The Balaban J connectivity index is 3.17. The zero-order chi connectivity index (χ0) is 12.9. The van der Waals surface area contributed by atoms with Crippen LogP contribution in [0.1, 0.15) is 46.0 Å². The van der Waals surface area contributed by atoms with E-state index in [2.05, 4.69) is 30.4 Å². The molecule has 0 aromatic heterocycles. The largest absolute Gasteiger partial charge is 0.355 e. The minimum absolute atomic E-state index is 0.0300. The van der Waals surface area contributed by atoms with E-state index in [9.17, 15) is 4.79 Å². The van der Waals surface area contributed by atoms with Gasteiger partial charge in [-0.25, -0.2) is 0 Å². The zero-order valence-corrected chi connectivity index (χ0v) is 11.2. The lowest BCUT2D eigenvalue weighted by Crippen LogP contribution is -2.34. The predicted octanol–water partition coefficient (Wildman–Crippen LogP) is 1.93. The second kappa shape index (κ2) is 11.5. The number of rotatable bonds is 10. The summed E-state index contributed by atoms with van der Waals surface area (Å²) >= 11 is 0. The van der Waals surface area contributed by atoms with Crippen LogP contribution in [0, 0.1) is 18.3 Å². The topological polar surface area (TPSA) is 41.1 Å². The van der Waals surface area contributed by atoms with Gasteiger partial charge in [-0.1, -0.05) is 45.5 Å². The standard InChI is InChI=1S/C14H26N2O/c1-4-10-15-12-14(17)16-11-8-6-5-7-9-13(2)3/h1,13,15H,5-12H2,2-3H3,(H,16,17). The lowest BCUT2D eigenvalue weighted by molar-refractivity contribution is -0.120. The molecule has 0 saturated carbocycles. The van der Waals surface area contributed by atoms with Gasteiger partial charge in [0.25, 0.3) is 0 Å². The van der Waals surface area contributed by atoms with Crippen molar-refractivity contribution >= 4 is 5.91 Å². The molecule has 98 valence electrons. The smallest absolute Gasteiger partial charge is 0.233 e. The minimum atomic E-state index is 0.0300. The quantitative estimate of drug-likeness (QED) is 0.451. The number of carbonyl (C=O) groups is 1. The molecule has 0 heterocycles. The maximum atomic E-state index is 11.3. The first-order valence-electron chi connectivity index (χ1n) is 6.57. The first kappa shape index (κ1) is 16.0. The Morgan fingerprint density at radius 1 is 1.24 bits per heavy atom. The van der Waals surface area contributed by atoms with Crippen LogP contribution in [0.3, 0.4) is 0 Å². The molecule has 0 aromatic rings. The van der Waals surface area contributed by atoms with E-state index in [0.717, 1.165) is 18.9 Å². The number of nitrogens with one attached hydrogen (secondary N) is 2. The molecule has 17 heavy (non-hydrogen) atoms. The Morgan fingerprint density at radius 3 is 2.59 bits per heavy atom. The number of carbonyl (C=O) groups excluding carboxylic acids is 1. The molecule has 0 spiro atoms. The molecule has 0 saturated heterocycles. The summed E-state index contributed by atoms with van der Waals surface area (Å²) in [4.78, 5) is 11.3. The van der Waals surface area contributed by atoms with Gasteiger partial charge in [0.15, 0.2) is 0 Å². The van der Waals surface area contributed by atoms with Crippen molar-refractivity contribution in [3.05, 3.63) is 0 Å². The molecule has 3 nitrogen and oxygen atoms in total. The summed E-state index contributed by atoms with van der Waals surface area (Å²) in [6.07, 6.45) is 11.2. The van der Waals surface area contributed by atoms with Gasteiger partial charge in [0, 0.05) is 6.54 Å². The molecule has 0 aliphatic heterocycles. The molecule has 2 N–H and O–H groups in total. The predicted molar refractivity (Wildman–Crippen MR) is 72.6 cm³/mol. The number of hydrogen-bond acceptors (Lipinski definition) is 2. The second-order valence-corrected chi connectivity index (χ2v) is 4.75. The normalized spacial score (nSPS) is 10.2. The first-order valence-corrected chi connectivity index (χ1v) is 6.57. The van der Waals surface area contributed by atoms with Crippen molar-refractivity contribution in [3.63, 3.8) is 0 Å². The van der Waals surface area contributed by atoms with Crippen molar-refractivity contribution in [2.75, 3.05) is 19.6 Å². The molecule has 1 amide bonds. The van der Waals surface area contributed by atoms with E-state index in [4.69, 9.17) is 6.42 Å². The Labute approximate surface area is 106 Å². The Hall–Kier alpha value is -1.01. The molecule has 3 heteroatoms. The Morgan fingerprint density at radius 2 is 1.94 bits per heavy atom. The van der Waals surface area contributed by atoms with Crippen molar-refractivity contribution in [1.82, 2.24) is 10.6 Å². The van der Waals surface area contributed by atoms with Crippen molar-refractivity contribution in [2.45, 2.75) is 46.0 Å². The molecule has 0 bridgehead atoms. The fourth-order valence-electron chi connectivity index (χ4n) is 1.57. The average Bonchev–Trinajstić information content (AvgIpc) is 2.28. The van der Waals surface area contributed by atoms with Crippen molar-refractivity contribution in [3.8, 4) is 12.3 Å². The van der Waals surface area contributed by atoms with Crippen LogP contribution in [0.15, 0.2) is 0 Å². The maximum Gasteiger partial charge on any atom is 0.233 e. The molecule has 0 aliphatic carbocycles. The van der Waals surface area contributed by atoms with Gasteiger partial charge in [0.1, 0.15) is 0 Å². The van der Waals surface area contributed by atoms with Gasteiger partial charge in [0.2, 0.25) is 5.91 Å². The summed E-state index contributed by atoms with van der Waals surface area (Å²) in [7, 11) is 0. The van der Waals surface area contributed by atoms with Crippen LogP contribution in [0.4, 0.5) is 0 Å². The van der Waals surface area contributed by atoms with E-state index in [-0.39, 0.29) is 5.91 Å². The van der Waals surface area contributed by atoms with Gasteiger partial charge in [0.05, 0.1) is 13.1 Å². The molecule has 0 aromatic carbocycles. The van der Waals surface area contributed by atoms with Crippen LogP contribution in [-0.2, 0) is 4.79 Å². The third-order valence-electron chi connectivity index (χ3n) is 2.54. The lowest BCUT2D eigenvalue weighted by Gasteiger charge is -2.06. The Bertz CT molecular complexity index is 231.